The van der Waals surface area contributed by atoms with Crippen LogP contribution in [0.4, 0.5) is 0 Å². The molecule has 1 aliphatic rings. The van der Waals surface area contributed by atoms with Gasteiger partial charge in [0.2, 0.25) is 0 Å². The van der Waals surface area contributed by atoms with Crippen molar-refractivity contribution in [3.05, 3.63) is 29.8 Å². The van der Waals surface area contributed by atoms with E-state index in [1.165, 1.54) is 12.1 Å². The number of esters is 1. The van der Waals surface area contributed by atoms with Crippen LogP contribution in [0.3, 0.4) is 0 Å². The van der Waals surface area contributed by atoms with E-state index in [1.54, 1.807) is 17.0 Å². The van der Waals surface area contributed by atoms with Crippen LogP contribution in [-0.4, -0.2) is 61.7 Å². The maximum Gasteiger partial charge on any atom is 0.342 e. The molecule has 1 fully saturated rings. The average Bonchev–Trinajstić information content (AvgIpc) is 2.57. The highest BCUT2D eigenvalue weighted by Gasteiger charge is 2.23. The first-order valence-electron chi connectivity index (χ1n) is 7.54. The largest absolute Gasteiger partial charge is 0.483 e. The quantitative estimate of drug-likeness (QED) is 0.730. The molecule has 8 heteroatoms. The van der Waals surface area contributed by atoms with Gasteiger partial charge in [0, 0.05) is 13.1 Å². The monoisotopic (exact) mass is 336 g/mol. The Morgan fingerprint density at radius 3 is 2.75 bits per heavy atom. The van der Waals surface area contributed by atoms with Crippen molar-refractivity contribution in [1.29, 1.82) is 0 Å². The maximum atomic E-state index is 12.1. The molecule has 24 heavy (non-hydrogen) atoms. The van der Waals surface area contributed by atoms with Crippen molar-refractivity contribution in [1.82, 2.24) is 4.90 Å². The Labute approximate surface area is 139 Å². The van der Waals surface area contributed by atoms with Crippen LogP contribution < -0.4 is 10.5 Å². The zero-order chi connectivity index (χ0) is 17.5. The number of hydrogen-bond donors (Lipinski definition) is 1. The molecule has 1 aliphatic heterocycles. The summed E-state index contributed by atoms with van der Waals surface area (Å²) < 4.78 is 15.6. The van der Waals surface area contributed by atoms with Gasteiger partial charge in [-0.25, -0.2) is 4.79 Å². The molecule has 0 bridgehead atoms. The number of rotatable bonds is 6. The van der Waals surface area contributed by atoms with E-state index in [1.807, 2.05) is 6.92 Å². The summed E-state index contributed by atoms with van der Waals surface area (Å²) in [5, 5.41) is 0. The number of hydrogen-bond acceptors (Lipinski definition) is 6. The molecule has 1 heterocycles. The summed E-state index contributed by atoms with van der Waals surface area (Å²) >= 11 is 0. The Morgan fingerprint density at radius 1 is 1.29 bits per heavy atom. The van der Waals surface area contributed by atoms with Gasteiger partial charge in [-0.15, -0.1) is 0 Å². The molecule has 1 aromatic carbocycles. The predicted molar refractivity (Wildman–Crippen MR) is 83.4 cm³/mol. The summed E-state index contributed by atoms with van der Waals surface area (Å²) in [5.41, 5.74) is 5.14. The molecule has 2 rings (SSSR count). The fourth-order valence-corrected chi connectivity index (χ4v) is 2.25. The minimum Gasteiger partial charge on any atom is -0.483 e. The number of morpholine rings is 1. The van der Waals surface area contributed by atoms with Gasteiger partial charge in [-0.2, -0.15) is 0 Å². The fourth-order valence-electron chi connectivity index (χ4n) is 2.25. The molecule has 8 nitrogen and oxygen atoms in total. The van der Waals surface area contributed by atoms with E-state index in [9.17, 15) is 14.4 Å². The summed E-state index contributed by atoms with van der Waals surface area (Å²) in [6.45, 7) is 2.56. The van der Waals surface area contributed by atoms with Crippen LogP contribution in [0.25, 0.3) is 0 Å². The number of carbonyl (C=O) groups is 3. The Bertz CT molecular complexity index is 618. The van der Waals surface area contributed by atoms with Crippen molar-refractivity contribution < 1.29 is 28.6 Å². The SMILES string of the molecule is CC1CN(C(=O)COC(=O)c2ccccc2OCC(N)=O)CCO1. The van der Waals surface area contributed by atoms with Crippen molar-refractivity contribution in [3.63, 3.8) is 0 Å². The highest BCUT2D eigenvalue weighted by molar-refractivity contribution is 5.94. The molecule has 1 unspecified atom stereocenters. The molecule has 1 saturated heterocycles. The van der Waals surface area contributed by atoms with Crippen LogP contribution in [0.5, 0.6) is 5.75 Å². The van der Waals surface area contributed by atoms with Gasteiger partial charge >= 0.3 is 5.97 Å². The third kappa shape index (κ3) is 4.95. The van der Waals surface area contributed by atoms with Crippen molar-refractivity contribution in [3.8, 4) is 5.75 Å². The second-order valence-corrected chi connectivity index (χ2v) is 5.35. The van der Waals surface area contributed by atoms with Gasteiger partial charge in [-0.3, -0.25) is 9.59 Å². The molecule has 1 aromatic rings. The zero-order valence-electron chi connectivity index (χ0n) is 13.4. The second kappa shape index (κ2) is 8.30. The number of amides is 2. The molecule has 130 valence electrons. The molecule has 1 atom stereocenters. The Balaban J connectivity index is 1.92. The third-order valence-electron chi connectivity index (χ3n) is 3.40. The van der Waals surface area contributed by atoms with E-state index in [4.69, 9.17) is 19.9 Å². The molecule has 0 spiro atoms. The van der Waals surface area contributed by atoms with Gasteiger partial charge in [0.15, 0.2) is 13.2 Å². The van der Waals surface area contributed by atoms with E-state index in [0.717, 1.165) is 0 Å². The van der Waals surface area contributed by atoms with Crippen molar-refractivity contribution in [2.45, 2.75) is 13.0 Å². The first-order chi connectivity index (χ1) is 11.5. The van der Waals surface area contributed by atoms with Gasteiger partial charge in [0.05, 0.1) is 12.7 Å². The van der Waals surface area contributed by atoms with E-state index < -0.39 is 11.9 Å². The Kier molecular flexibility index (Phi) is 6.14. The van der Waals surface area contributed by atoms with Crippen molar-refractivity contribution in [2.75, 3.05) is 32.9 Å². The highest BCUT2D eigenvalue weighted by atomic mass is 16.5. The maximum absolute atomic E-state index is 12.1. The van der Waals surface area contributed by atoms with Crippen molar-refractivity contribution in [2.24, 2.45) is 5.73 Å². The lowest BCUT2D eigenvalue weighted by Gasteiger charge is -2.30. The van der Waals surface area contributed by atoms with E-state index >= 15 is 0 Å². The zero-order valence-corrected chi connectivity index (χ0v) is 13.4. The van der Waals surface area contributed by atoms with Crippen LogP contribution in [-0.2, 0) is 19.1 Å². The Morgan fingerprint density at radius 2 is 2.04 bits per heavy atom. The standard InChI is InChI=1S/C16H20N2O6/c1-11-8-18(6-7-22-11)15(20)10-24-16(21)12-4-2-3-5-13(12)23-9-14(17)19/h2-5,11H,6-10H2,1H3,(H2,17,19). The van der Waals surface area contributed by atoms with Gasteiger partial charge in [-0.05, 0) is 19.1 Å². The van der Waals surface area contributed by atoms with Gasteiger partial charge in [0.25, 0.3) is 11.8 Å². The number of benzene rings is 1. The van der Waals surface area contributed by atoms with E-state index in [2.05, 4.69) is 0 Å². The number of nitrogens with zero attached hydrogens (tertiary/aromatic N) is 1. The molecular formula is C16H20N2O6. The lowest BCUT2D eigenvalue weighted by molar-refractivity contribution is -0.141. The Hall–Kier alpha value is -2.61. The molecule has 0 saturated carbocycles. The summed E-state index contributed by atoms with van der Waals surface area (Å²) in [4.78, 5) is 36.6. The van der Waals surface area contributed by atoms with Crippen LogP contribution in [0.1, 0.15) is 17.3 Å². The second-order valence-electron chi connectivity index (χ2n) is 5.35. The van der Waals surface area contributed by atoms with E-state index in [-0.39, 0.29) is 36.5 Å². The van der Waals surface area contributed by atoms with Crippen LogP contribution in [0, 0.1) is 0 Å². The fraction of sp³-hybridized carbons (Fsp3) is 0.438. The highest BCUT2D eigenvalue weighted by Crippen LogP contribution is 2.19. The molecule has 0 aromatic heterocycles. The number of carbonyl (C=O) groups excluding carboxylic acids is 3. The molecule has 2 amide bonds. The lowest BCUT2D eigenvalue weighted by atomic mass is 10.2. The number of primary amides is 1. The molecule has 2 N–H and O–H groups in total. The van der Waals surface area contributed by atoms with E-state index in [0.29, 0.717) is 19.7 Å². The minimum atomic E-state index is -0.704. The summed E-state index contributed by atoms with van der Waals surface area (Å²) in [6.07, 6.45) is -0.0404. The molecular weight excluding hydrogens is 316 g/mol. The molecule has 0 aliphatic carbocycles. The van der Waals surface area contributed by atoms with Gasteiger partial charge in [0.1, 0.15) is 11.3 Å². The first kappa shape index (κ1) is 17.7. The number of ether oxygens (including phenoxy) is 3. The predicted octanol–water partition coefficient (Wildman–Crippen LogP) is -0.0452. The number of para-hydroxylation sites is 1. The summed E-state index contributed by atoms with van der Waals surface area (Å²) in [6, 6.07) is 6.28. The van der Waals surface area contributed by atoms with Crippen LogP contribution in [0.2, 0.25) is 0 Å². The smallest absolute Gasteiger partial charge is 0.342 e. The summed E-state index contributed by atoms with van der Waals surface area (Å²) in [7, 11) is 0. The first-order valence-corrected chi connectivity index (χ1v) is 7.54. The average molecular weight is 336 g/mol. The third-order valence-corrected chi connectivity index (χ3v) is 3.40. The lowest BCUT2D eigenvalue weighted by Crippen LogP contribution is -2.46. The van der Waals surface area contributed by atoms with Gasteiger partial charge in [-0.1, -0.05) is 12.1 Å². The van der Waals surface area contributed by atoms with Gasteiger partial charge < -0.3 is 24.8 Å². The summed E-state index contributed by atoms with van der Waals surface area (Å²) in [5.74, 6) is -1.47. The molecule has 0 radical (unpaired) electrons. The minimum absolute atomic E-state index is 0.0404. The topological polar surface area (TPSA) is 108 Å². The van der Waals surface area contributed by atoms with Crippen molar-refractivity contribution >= 4 is 17.8 Å². The van der Waals surface area contributed by atoms with Crippen LogP contribution >= 0.6 is 0 Å². The number of nitrogens with two attached hydrogens (primary N) is 1. The van der Waals surface area contributed by atoms with Crippen LogP contribution in [0.15, 0.2) is 24.3 Å². The normalized spacial score (nSPS) is 17.2.